The average Bonchev–Trinajstić information content (AvgIpc) is 0.828. The summed E-state index contributed by atoms with van der Waals surface area (Å²) in [4.78, 5) is 82.0. The second kappa shape index (κ2) is 25.7. The molecule has 89 heavy (non-hydrogen) atoms. The number of benzene rings is 6. The largest absolute Gasteiger partial charge is 0.485 e. The number of aliphatic carboxylic acids is 4. The molecule has 0 radical (unpaired) electrons. The number of nitrogens with zero attached hydrogens (tertiary/aromatic N) is 6. The van der Waals surface area contributed by atoms with Crippen molar-refractivity contribution in [2.75, 3.05) is 46.2 Å². The third-order valence-electron chi connectivity index (χ3n) is 16.4. The summed E-state index contributed by atoms with van der Waals surface area (Å²) in [6.07, 6.45) is 1.69. The highest BCUT2D eigenvalue weighted by molar-refractivity contribution is 8.77. The number of nitrogens with one attached hydrogen (secondary N) is 1. The topological polar surface area (TPSA) is 328 Å². The third kappa shape index (κ3) is 11.9. The van der Waals surface area contributed by atoms with Crippen LogP contribution in [0.25, 0.3) is 11.0 Å². The number of rotatable bonds is 21. The first-order valence-electron chi connectivity index (χ1n) is 27.8. The number of nitro benzene ring substituents is 1. The number of carboxylic acids is 4. The predicted octanol–water partition coefficient (Wildman–Crippen LogP) is 10.5. The molecule has 8 aromatic rings. The van der Waals surface area contributed by atoms with Gasteiger partial charge in [0.15, 0.2) is 11.3 Å². The van der Waals surface area contributed by atoms with Crippen molar-refractivity contribution in [1.82, 2.24) is 30.6 Å². The van der Waals surface area contributed by atoms with Crippen LogP contribution in [-0.2, 0) is 46.5 Å². The van der Waals surface area contributed by atoms with Crippen molar-refractivity contribution in [3.8, 4) is 5.75 Å². The van der Waals surface area contributed by atoms with Gasteiger partial charge in [-0.15, -0.1) is 5.10 Å². The Morgan fingerprint density at radius 2 is 0.955 bits per heavy atom. The molecular weight excluding hydrogens is 1270 g/mol. The summed E-state index contributed by atoms with van der Waals surface area (Å²) in [5.41, 5.74) is 6.83. The number of carboxylic acid groups (broad SMARTS) is 4. The molecule has 6 aromatic carbocycles. The van der Waals surface area contributed by atoms with E-state index in [-0.39, 0.29) is 61.3 Å². The van der Waals surface area contributed by atoms with Gasteiger partial charge in [0.25, 0.3) is 5.91 Å². The van der Waals surface area contributed by atoms with Crippen molar-refractivity contribution < 1.29 is 72.9 Å². The standard InChI is InChI=1S/C60H49N7O16S6/c68-56(61-11-13-79-15-17-81-18-16-80-14-12-66-26-29(62-65-66)27-82-45-10-9-44(67(77)78)54-55(45)64-83-63-54)28-19-34-21-35(20-28)89-87-33-4-8-39-43(25-33)49-37-6-2-31(23-41(37)47(39)51(58(71)72)53(49)60(75)76)85-84-30-1-5-36-40(22-30)46-38-7-3-32(86-88-34)24-42(38)48(36)52(59(73)74)50(46)57(69)70/h1-10,19-26,46-53H,11-18,27H2,(H,61,68)(H,69,70)(H,71,72)(H,73,74)(H,75,76). The van der Waals surface area contributed by atoms with E-state index in [2.05, 4.69) is 30.6 Å². The number of fused-ring (bicyclic) bond motifs is 3. The minimum atomic E-state index is -1.22. The van der Waals surface area contributed by atoms with E-state index in [1.165, 1.54) is 76.9 Å². The van der Waals surface area contributed by atoms with E-state index < -0.39 is 76.1 Å². The molecule has 0 spiro atoms. The normalized spacial score (nSPS) is 20.9. The van der Waals surface area contributed by atoms with Crippen LogP contribution in [0.15, 0.2) is 143 Å². The summed E-state index contributed by atoms with van der Waals surface area (Å²) in [6.45, 7) is 2.33. The number of carbonyl (C=O) groups excluding carboxylic acids is 1. The lowest BCUT2D eigenvalue weighted by atomic mass is 9.54. The van der Waals surface area contributed by atoms with E-state index in [0.717, 1.165) is 73.9 Å². The molecule has 6 aliphatic carbocycles. The minimum Gasteiger partial charge on any atom is -0.485 e. The van der Waals surface area contributed by atoms with Crippen molar-refractivity contribution in [2.24, 2.45) is 23.7 Å². The van der Waals surface area contributed by atoms with Gasteiger partial charge in [-0.25, -0.2) is 9.31 Å². The number of carbonyl (C=O) groups is 5. The van der Waals surface area contributed by atoms with Gasteiger partial charge in [0.05, 0.1) is 81.0 Å². The monoisotopic (exact) mass is 1320 g/mol. The van der Waals surface area contributed by atoms with Crippen LogP contribution >= 0.6 is 64.8 Å². The average molecular weight is 1320 g/mol. The van der Waals surface area contributed by atoms with Gasteiger partial charge in [-0.3, -0.25) is 34.1 Å². The minimum absolute atomic E-state index is 0.0208. The molecule has 18 bridgehead atoms. The van der Waals surface area contributed by atoms with Crippen LogP contribution in [0, 0.1) is 33.8 Å². The van der Waals surface area contributed by atoms with Crippen LogP contribution in [0.2, 0.25) is 0 Å². The van der Waals surface area contributed by atoms with Crippen molar-refractivity contribution in [3.05, 3.63) is 175 Å². The fourth-order valence-corrected chi connectivity index (χ4v) is 18.8. The molecule has 456 valence electrons. The van der Waals surface area contributed by atoms with Gasteiger partial charge in [0, 0.05) is 71.2 Å². The van der Waals surface area contributed by atoms with E-state index in [1.807, 2.05) is 78.9 Å². The second-order valence-electron chi connectivity index (χ2n) is 21.4. The highest BCUT2D eigenvalue weighted by atomic mass is 33.1. The maximum Gasteiger partial charge on any atom is 0.308 e. The number of ether oxygens (including phenoxy) is 4. The van der Waals surface area contributed by atoms with Gasteiger partial charge in [0.1, 0.15) is 12.3 Å². The quantitative estimate of drug-likeness (QED) is 0.0193. The van der Waals surface area contributed by atoms with E-state index in [4.69, 9.17) is 18.9 Å². The molecule has 8 atom stereocenters. The molecule has 0 fully saturated rings. The van der Waals surface area contributed by atoms with Gasteiger partial charge in [-0.05, 0) is 128 Å². The molecule has 9 heterocycles. The Hall–Kier alpha value is -7.61. The first kappa shape index (κ1) is 60.3. The summed E-state index contributed by atoms with van der Waals surface area (Å²) in [6, 6.07) is 31.4. The molecule has 0 saturated heterocycles. The van der Waals surface area contributed by atoms with Crippen LogP contribution in [0.5, 0.6) is 5.75 Å². The van der Waals surface area contributed by atoms with Crippen molar-refractivity contribution in [3.63, 3.8) is 0 Å². The lowest BCUT2D eigenvalue weighted by molar-refractivity contribution is -0.383. The van der Waals surface area contributed by atoms with E-state index >= 15 is 0 Å². The van der Waals surface area contributed by atoms with Gasteiger partial charge >= 0.3 is 29.6 Å². The molecule has 23 nitrogen and oxygen atoms in total. The summed E-state index contributed by atoms with van der Waals surface area (Å²) in [5, 5.41) is 72.6. The Balaban J connectivity index is 0.668. The summed E-state index contributed by atoms with van der Waals surface area (Å²) in [5.74, 6) is -12.7. The SMILES string of the molecule is O=C(NCCOCCOCCOCCn1cc(COc2ccc([N+](=O)[O-])c3nonc23)nn1)c1cc2cc(c1)SSc1ccc3c(c1)C1c4ccc(cc4C3C(C(=O)O)C1C(=O)O)SSc1ccc3c(c1)C1c4ccc(cc4C3C(C(=O)O)C1C(=O)O)SS2. The van der Waals surface area contributed by atoms with Crippen molar-refractivity contribution >= 4 is 111 Å². The van der Waals surface area contributed by atoms with Crippen molar-refractivity contribution in [2.45, 2.75) is 66.2 Å². The fraction of sp³-hybridized carbons (Fsp3) is 0.283. The van der Waals surface area contributed by atoms with Crippen LogP contribution < -0.4 is 10.1 Å². The molecule has 7 aliphatic heterocycles. The summed E-state index contributed by atoms with van der Waals surface area (Å²) < 4.78 is 29.1. The molecular formula is C60H49N7O16S6. The van der Waals surface area contributed by atoms with Gasteiger partial charge in [0.2, 0.25) is 5.52 Å². The van der Waals surface area contributed by atoms with Crippen molar-refractivity contribution in [1.29, 1.82) is 0 Å². The zero-order valence-corrected chi connectivity index (χ0v) is 51.1. The smallest absolute Gasteiger partial charge is 0.308 e. The molecule has 21 rings (SSSR count). The predicted molar refractivity (Wildman–Crippen MR) is 327 cm³/mol. The van der Waals surface area contributed by atoms with Gasteiger partial charge in [-0.1, -0.05) is 94.2 Å². The molecule has 0 saturated carbocycles. The van der Waals surface area contributed by atoms with Crippen LogP contribution in [0.3, 0.4) is 0 Å². The number of nitro groups is 1. The van der Waals surface area contributed by atoms with Gasteiger partial charge in [-0.2, -0.15) is 0 Å². The molecule has 13 aliphatic rings. The molecule has 5 N–H and O–H groups in total. The molecule has 29 heteroatoms. The zero-order chi connectivity index (χ0) is 61.6. The zero-order valence-electron chi connectivity index (χ0n) is 46.2. The Bertz CT molecular complexity index is 4000. The van der Waals surface area contributed by atoms with Gasteiger partial charge < -0.3 is 44.7 Å². The molecule has 1 amide bonds. The molecule has 8 unspecified atom stereocenters. The molecule has 2 aromatic heterocycles. The second-order valence-corrected chi connectivity index (χ2v) is 28.2. The Kier molecular flexibility index (Phi) is 17.4. The highest BCUT2D eigenvalue weighted by Gasteiger charge is 2.57. The van der Waals surface area contributed by atoms with Crippen LogP contribution in [0.1, 0.15) is 84.2 Å². The number of amides is 1. The lowest BCUT2D eigenvalue weighted by Crippen LogP contribution is -2.47. The highest BCUT2D eigenvalue weighted by Crippen LogP contribution is 2.62. The Morgan fingerprint density at radius 1 is 0.528 bits per heavy atom. The first-order chi connectivity index (χ1) is 43.2. The number of hydrogen-bond acceptors (Lipinski definition) is 22. The maximum absolute atomic E-state index is 14.0. The fourth-order valence-electron chi connectivity index (χ4n) is 12.7. The number of non-ortho nitro benzene ring substituents is 1. The first-order valence-corrected chi connectivity index (χ1v) is 34.2. The number of aromatic nitrogens is 5. The maximum atomic E-state index is 14.0. The van der Waals surface area contributed by atoms with E-state index in [1.54, 1.807) is 23.0 Å². The lowest BCUT2D eigenvalue weighted by Gasteiger charge is -2.47. The Morgan fingerprint density at radius 3 is 1.40 bits per heavy atom. The van der Waals surface area contributed by atoms with E-state index in [0.29, 0.717) is 37.6 Å². The summed E-state index contributed by atoms with van der Waals surface area (Å²) >= 11 is 0. The van der Waals surface area contributed by atoms with Crippen LogP contribution in [0.4, 0.5) is 5.69 Å². The van der Waals surface area contributed by atoms with Crippen LogP contribution in [-0.4, -0.2) is 127 Å². The van der Waals surface area contributed by atoms with E-state index in [9.17, 15) is 54.5 Å². The third-order valence-corrected chi connectivity index (χ3v) is 23.5. The summed E-state index contributed by atoms with van der Waals surface area (Å²) in [7, 11) is 8.58. The number of hydrogen-bond donors (Lipinski definition) is 5. The Labute approximate surface area is 528 Å².